The van der Waals surface area contributed by atoms with Gasteiger partial charge in [-0.1, -0.05) is 36.2 Å². The number of nitrogens with zero attached hydrogens (tertiary/aromatic N) is 3. The van der Waals surface area contributed by atoms with Crippen LogP contribution in [0.4, 0.5) is 18.0 Å². The Morgan fingerprint density at radius 3 is 2.72 bits per heavy atom. The van der Waals surface area contributed by atoms with Gasteiger partial charge >= 0.3 is 12.2 Å². The number of carbonyl (C=O) groups excluding carboxylic acids is 1. The number of urea groups is 1. The van der Waals surface area contributed by atoms with Crippen molar-refractivity contribution in [1.82, 2.24) is 20.2 Å². The first-order valence-corrected chi connectivity index (χ1v) is 10.8. The molecule has 2 aromatic rings. The third-order valence-corrected chi connectivity index (χ3v) is 5.94. The number of hydrogen-bond donors (Lipinski definition) is 2. The number of alkyl halides is 3. The largest absolute Gasteiger partial charge is 0.396 e. The van der Waals surface area contributed by atoms with Gasteiger partial charge in [0.05, 0.1) is 34.7 Å². The first-order valence-electron chi connectivity index (χ1n) is 10.1. The lowest BCUT2D eigenvalue weighted by atomic mass is 10.0. The van der Waals surface area contributed by atoms with Crippen LogP contribution in [0.3, 0.4) is 0 Å². The van der Waals surface area contributed by atoms with Crippen LogP contribution in [0.15, 0.2) is 24.4 Å². The Hall–Kier alpha value is -2.10. The van der Waals surface area contributed by atoms with Gasteiger partial charge in [-0.15, -0.1) is 0 Å². The standard InChI is InChI=1S/C21H23Cl2F3N4O2/c1-12(11-31)6-19-27-9-14-4-5-30(10-18(14)28-19)20(32)29-17(8-21(24,25)26)13-2-3-15(22)16(23)7-13/h2-3,7,9,12,17,31H,4-6,8,10-11H2,1H3,(H,29,32)/t12-,17?/m1/s1. The lowest BCUT2D eigenvalue weighted by molar-refractivity contribution is -0.139. The van der Waals surface area contributed by atoms with E-state index in [1.807, 2.05) is 6.92 Å². The second kappa shape index (κ2) is 10.2. The molecule has 0 radical (unpaired) electrons. The predicted octanol–water partition coefficient (Wildman–Crippen LogP) is 4.72. The molecule has 2 heterocycles. The van der Waals surface area contributed by atoms with Crippen LogP contribution in [-0.4, -0.2) is 45.3 Å². The number of aliphatic hydroxyl groups excluding tert-OH is 1. The molecule has 2 atom stereocenters. The maximum atomic E-state index is 13.2. The first kappa shape index (κ1) is 24.5. The van der Waals surface area contributed by atoms with Gasteiger partial charge in [-0.2, -0.15) is 13.2 Å². The molecule has 2 N–H and O–H groups in total. The van der Waals surface area contributed by atoms with E-state index in [-0.39, 0.29) is 34.7 Å². The van der Waals surface area contributed by atoms with Crippen LogP contribution in [0.1, 0.15) is 42.0 Å². The van der Waals surface area contributed by atoms with E-state index in [1.165, 1.54) is 23.1 Å². The van der Waals surface area contributed by atoms with Gasteiger partial charge in [0.15, 0.2) is 0 Å². The quantitative estimate of drug-likeness (QED) is 0.614. The molecule has 11 heteroatoms. The van der Waals surface area contributed by atoms with Crippen LogP contribution >= 0.6 is 23.2 Å². The molecule has 3 rings (SSSR count). The van der Waals surface area contributed by atoms with Gasteiger partial charge in [0, 0.05) is 25.8 Å². The molecule has 1 aliphatic heterocycles. The smallest absolute Gasteiger partial charge is 0.391 e. The van der Waals surface area contributed by atoms with Gasteiger partial charge in [-0.25, -0.2) is 14.8 Å². The Morgan fingerprint density at radius 1 is 1.31 bits per heavy atom. The Labute approximate surface area is 193 Å². The lowest BCUT2D eigenvalue weighted by Crippen LogP contribution is -2.45. The summed E-state index contributed by atoms with van der Waals surface area (Å²) < 4.78 is 39.5. The maximum Gasteiger partial charge on any atom is 0.391 e. The minimum Gasteiger partial charge on any atom is -0.396 e. The Balaban J connectivity index is 1.75. The van der Waals surface area contributed by atoms with E-state index in [9.17, 15) is 23.1 Å². The van der Waals surface area contributed by atoms with Crippen molar-refractivity contribution in [3.63, 3.8) is 0 Å². The second-order valence-corrected chi connectivity index (χ2v) is 8.73. The topological polar surface area (TPSA) is 78.4 Å². The Bertz CT molecular complexity index is 975. The van der Waals surface area contributed by atoms with E-state index in [4.69, 9.17) is 23.2 Å². The minimum atomic E-state index is -4.50. The summed E-state index contributed by atoms with van der Waals surface area (Å²) in [6, 6.07) is 2.20. The number of aliphatic hydroxyl groups is 1. The zero-order valence-corrected chi connectivity index (χ0v) is 18.8. The highest BCUT2D eigenvalue weighted by Gasteiger charge is 2.35. The van der Waals surface area contributed by atoms with Crippen molar-refractivity contribution < 1.29 is 23.1 Å². The van der Waals surface area contributed by atoms with Crippen LogP contribution in [0, 0.1) is 5.92 Å². The Morgan fingerprint density at radius 2 is 2.06 bits per heavy atom. The minimum absolute atomic E-state index is 0.00425. The van der Waals surface area contributed by atoms with Crippen molar-refractivity contribution in [2.24, 2.45) is 5.92 Å². The fourth-order valence-corrected chi connectivity index (χ4v) is 3.75. The molecule has 174 valence electrons. The number of carbonyl (C=O) groups is 1. The summed E-state index contributed by atoms with van der Waals surface area (Å²) in [6.45, 7) is 2.36. The molecule has 2 amide bonds. The molecule has 0 saturated heterocycles. The van der Waals surface area contributed by atoms with Crippen molar-refractivity contribution >= 4 is 29.2 Å². The number of aromatic nitrogens is 2. The molecular weight excluding hydrogens is 468 g/mol. The second-order valence-electron chi connectivity index (χ2n) is 7.92. The number of nitrogens with one attached hydrogen (secondary N) is 1. The van der Waals surface area contributed by atoms with Crippen molar-refractivity contribution in [2.75, 3.05) is 13.2 Å². The summed E-state index contributed by atoms with van der Waals surface area (Å²) in [4.78, 5) is 23.1. The molecule has 0 spiro atoms. The number of benzene rings is 1. The van der Waals surface area contributed by atoms with E-state index in [0.29, 0.717) is 30.9 Å². The molecule has 1 aromatic carbocycles. The molecule has 32 heavy (non-hydrogen) atoms. The highest BCUT2D eigenvalue weighted by atomic mass is 35.5. The summed E-state index contributed by atoms with van der Waals surface area (Å²) in [5.41, 5.74) is 1.76. The van der Waals surface area contributed by atoms with E-state index in [1.54, 1.807) is 6.20 Å². The van der Waals surface area contributed by atoms with Crippen LogP contribution in [-0.2, 0) is 19.4 Å². The predicted molar refractivity (Wildman–Crippen MR) is 115 cm³/mol. The lowest BCUT2D eigenvalue weighted by Gasteiger charge is -2.30. The molecular formula is C21H23Cl2F3N4O2. The van der Waals surface area contributed by atoms with Crippen LogP contribution in [0.2, 0.25) is 10.0 Å². The number of rotatable bonds is 6. The molecule has 0 fully saturated rings. The van der Waals surface area contributed by atoms with Crippen molar-refractivity contribution in [2.45, 2.75) is 44.9 Å². The van der Waals surface area contributed by atoms with Crippen LogP contribution in [0.25, 0.3) is 0 Å². The molecule has 1 unspecified atom stereocenters. The highest BCUT2D eigenvalue weighted by molar-refractivity contribution is 6.42. The molecule has 0 bridgehead atoms. The summed E-state index contributed by atoms with van der Waals surface area (Å²) in [6.07, 6.45) is -3.05. The average molecular weight is 491 g/mol. The number of fused-ring (bicyclic) bond motifs is 1. The molecule has 1 aliphatic rings. The van der Waals surface area contributed by atoms with Crippen molar-refractivity contribution in [3.8, 4) is 0 Å². The fourth-order valence-electron chi connectivity index (χ4n) is 3.45. The summed E-state index contributed by atoms with van der Waals surface area (Å²) >= 11 is 11.8. The van der Waals surface area contributed by atoms with Gasteiger partial charge in [0.25, 0.3) is 0 Å². The monoisotopic (exact) mass is 490 g/mol. The molecule has 0 saturated carbocycles. The van der Waals surface area contributed by atoms with Gasteiger partial charge in [-0.3, -0.25) is 0 Å². The molecule has 1 aromatic heterocycles. The average Bonchev–Trinajstić information content (AvgIpc) is 2.73. The van der Waals surface area contributed by atoms with E-state index >= 15 is 0 Å². The number of amides is 2. The van der Waals surface area contributed by atoms with Crippen LogP contribution < -0.4 is 5.32 Å². The summed E-state index contributed by atoms with van der Waals surface area (Å²) in [7, 11) is 0. The number of hydrogen-bond acceptors (Lipinski definition) is 4. The zero-order chi connectivity index (χ0) is 23.5. The third-order valence-electron chi connectivity index (χ3n) is 5.21. The zero-order valence-electron chi connectivity index (χ0n) is 17.3. The van der Waals surface area contributed by atoms with Gasteiger partial charge in [0.1, 0.15) is 5.82 Å². The van der Waals surface area contributed by atoms with Crippen molar-refractivity contribution in [1.29, 1.82) is 0 Å². The molecule has 0 aliphatic carbocycles. The normalized spacial score (nSPS) is 15.8. The Kier molecular flexibility index (Phi) is 7.84. The van der Waals surface area contributed by atoms with E-state index in [0.717, 1.165) is 5.56 Å². The number of halogens is 5. The van der Waals surface area contributed by atoms with Crippen LogP contribution in [0.5, 0.6) is 0 Å². The van der Waals surface area contributed by atoms with Gasteiger partial charge < -0.3 is 15.3 Å². The first-order chi connectivity index (χ1) is 15.1. The highest BCUT2D eigenvalue weighted by Crippen LogP contribution is 2.33. The fraction of sp³-hybridized carbons (Fsp3) is 0.476. The van der Waals surface area contributed by atoms with E-state index in [2.05, 4.69) is 15.3 Å². The van der Waals surface area contributed by atoms with Gasteiger partial charge in [-0.05, 0) is 35.6 Å². The van der Waals surface area contributed by atoms with Crippen molar-refractivity contribution in [3.05, 3.63) is 57.1 Å². The summed E-state index contributed by atoms with van der Waals surface area (Å²) in [5.74, 6) is 0.545. The molecule has 6 nitrogen and oxygen atoms in total. The third kappa shape index (κ3) is 6.46. The SMILES string of the molecule is C[C@@H](CO)Cc1ncc2c(n1)CN(C(=O)NC(CC(F)(F)F)c1ccc(Cl)c(Cl)c1)CC2. The van der Waals surface area contributed by atoms with Gasteiger partial charge in [0.2, 0.25) is 0 Å². The maximum absolute atomic E-state index is 13.2. The summed E-state index contributed by atoms with van der Waals surface area (Å²) in [5, 5.41) is 12.0. The van der Waals surface area contributed by atoms with E-state index < -0.39 is 24.7 Å².